The number of halogens is 13. The minimum absolute atomic E-state index is 0.278. The third-order valence-corrected chi connectivity index (χ3v) is 3.74. The van der Waals surface area contributed by atoms with Crippen LogP contribution in [0.1, 0.15) is 12.8 Å². The molecule has 0 saturated carbocycles. The Balaban J connectivity index is 3.12. The molecule has 0 atom stereocenters. The highest BCUT2D eigenvalue weighted by Crippen LogP contribution is 2.60. The molecule has 27 heavy (non-hydrogen) atoms. The van der Waals surface area contributed by atoms with E-state index in [2.05, 4.69) is 9.47 Å². The summed E-state index contributed by atoms with van der Waals surface area (Å²) in [7, 11) is 0. The number of rotatable bonds is 7. The van der Waals surface area contributed by atoms with Gasteiger partial charge in [0.25, 0.3) is 0 Å². The molecule has 2 nitrogen and oxygen atoms in total. The van der Waals surface area contributed by atoms with E-state index in [9.17, 15) is 57.1 Å². The smallest absolute Gasteiger partial charge is 0.355 e. The van der Waals surface area contributed by atoms with Crippen molar-refractivity contribution in [2.45, 2.75) is 48.6 Å². The van der Waals surface area contributed by atoms with Crippen LogP contribution in [0.25, 0.3) is 0 Å². The SMILES string of the molecule is FC(F)(F)C(F)(F)C(F)(F)C(F)(F)C(F)(F)C(F)(F)CCC1COCOC1. The quantitative estimate of drug-likeness (QED) is 0.518. The maximum Gasteiger partial charge on any atom is 0.460 e. The molecule has 0 amide bonds. The van der Waals surface area contributed by atoms with Crippen LogP contribution in [0, 0.1) is 5.92 Å². The van der Waals surface area contributed by atoms with Gasteiger partial charge in [0.1, 0.15) is 6.79 Å². The molecule has 0 bridgehead atoms. The summed E-state index contributed by atoms with van der Waals surface area (Å²) in [5, 5.41) is 0. The number of hydrogen-bond acceptors (Lipinski definition) is 2. The lowest BCUT2D eigenvalue weighted by Crippen LogP contribution is -2.70. The number of ether oxygens (including phenoxy) is 2. The van der Waals surface area contributed by atoms with Crippen molar-refractivity contribution in [2.75, 3.05) is 20.0 Å². The van der Waals surface area contributed by atoms with Crippen LogP contribution in [0.15, 0.2) is 0 Å². The van der Waals surface area contributed by atoms with E-state index in [-0.39, 0.29) is 20.0 Å². The van der Waals surface area contributed by atoms with Gasteiger partial charge in [-0.25, -0.2) is 0 Å². The minimum atomic E-state index is -7.86. The lowest BCUT2D eigenvalue weighted by atomic mass is 9.90. The predicted molar refractivity (Wildman–Crippen MR) is 60.3 cm³/mol. The van der Waals surface area contributed by atoms with Gasteiger partial charge in [-0.05, 0) is 6.42 Å². The maximum atomic E-state index is 13.5. The highest BCUT2D eigenvalue weighted by Gasteiger charge is 2.90. The molecule has 1 aliphatic rings. The molecule has 0 aromatic rings. The summed E-state index contributed by atoms with van der Waals surface area (Å²) in [6.45, 7) is -0.944. The summed E-state index contributed by atoms with van der Waals surface area (Å²) in [6, 6.07) is 0. The van der Waals surface area contributed by atoms with E-state index in [1.165, 1.54) is 0 Å². The summed E-state index contributed by atoms with van der Waals surface area (Å²) < 4.78 is 177. The van der Waals surface area contributed by atoms with Crippen molar-refractivity contribution >= 4 is 0 Å². The van der Waals surface area contributed by atoms with Crippen LogP contribution in [0.4, 0.5) is 57.1 Å². The van der Waals surface area contributed by atoms with Crippen LogP contribution >= 0.6 is 0 Å². The molecule has 0 N–H and O–H groups in total. The van der Waals surface area contributed by atoms with Crippen molar-refractivity contribution in [1.29, 1.82) is 0 Å². The average Bonchev–Trinajstić information content (AvgIpc) is 2.52. The lowest BCUT2D eigenvalue weighted by molar-refractivity contribution is -0.440. The van der Waals surface area contributed by atoms with Gasteiger partial charge in [0.2, 0.25) is 0 Å². The molecule has 0 aromatic carbocycles. The Hall–Kier alpha value is -0.990. The highest BCUT2D eigenvalue weighted by molar-refractivity contribution is 5.10. The van der Waals surface area contributed by atoms with Gasteiger partial charge in [-0.1, -0.05) is 0 Å². The molecule has 1 rings (SSSR count). The minimum Gasteiger partial charge on any atom is -0.355 e. The Morgan fingerprint density at radius 2 is 1.00 bits per heavy atom. The van der Waals surface area contributed by atoms with E-state index in [0.717, 1.165) is 0 Å². The van der Waals surface area contributed by atoms with Crippen LogP contribution in [0.2, 0.25) is 0 Å². The molecule has 1 fully saturated rings. The van der Waals surface area contributed by atoms with Crippen LogP contribution in [-0.4, -0.2) is 55.8 Å². The number of hydrogen-bond donors (Lipinski definition) is 0. The van der Waals surface area contributed by atoms with Gasteiger partial charge in [-0.2, -0.15) is 57.1 Å². The third-order valence-electron chi connectivity index (χ3n) is 3.74. The molecule has 0 aromatic heterocycles. The van der Waals surface area contributed by atoms with E-state index in [1.807, 2.05) is 0 Å². The molecule has 1 aliphatic heterocycles. The van der Waals surface area contributed by atoms with E-state index in [0.29, 0.717) is 0 Å². The van der Waals surface area contributed by atoms with Crippen molar-refractivity contribution in [3.63, 3.8) is 0 Å². The summed E-state index contributed by atoms with van der Waals surface area (Å²) in [4.78, 5) is 0. The van der Waals surface area contributed by atoms with Gasteiger partial charge < -0.3 is 9.47 Å². The zero-order chi connectivity index (χ0) is 21.5. The van der Waals surface area contributed by atoms with Crippen LogP contribution < -0.4 is 0 Å². The van der Waals surface area contributed by atoms with Gasteiger partial charge in [-0.3, -0.25) is 0 Å². The zero-order valence-corrected chi connectivity index (χ0v) is 12.8. The molecular weight excluding hydrogens is 423 g/mol. The normalized spacial score (nSPS) is 19.4. The molecule has 0 aliphatic carbocycles. The molecule has 15 heteroatoms. The predicted octanol–water partition coefficient (Wildman–Crippen LogP) is 5.13. The monoisotopic (exact) mass is 434 g/mol. The second-order valence-corrected chi connectivity index (χ2v) is 5.76. The first kappa shape index (κ1) is 24.0. The fourth-order valence-electron chi connectivity index (χ4n) is 2.05. The largest absolute Gasteiger partial charge is 0.460 e. The summed E-state index contributed by atoms with van der Waals surface area (Å²) in [5.74, 6) is -37.6. The zero-order valence-electron chi connectivity index (χ0n) is 12.8. The van der Waals surface area contributed by atoms with Crippen molar-refractivity contribution < 1.29 is 66.5 Å². The molecule has 0 unspecified atom stereocenters. The van der Waals surface area contributed by atoms with E-state index in [4.69, 9.17) is 0 Å². The van der Waals surface area contributed by atoms with E-state index in [1.54, 1.807) is 0 Å². The molecule has 162 valence electrons. The van der Waals surface area contributed by atoms with Crippen LogP contribution in [0.5, 0.6) is 0 Å². The Kier molecular flexibility index (Phi) is 6.34. The van der Waals surface area contributed by atoms with Crippen molar-refractivity contribution in [2.24, 2.45) is 5.92 Å². The Morgan fingerprint density at radius 1 is 0.593 bits per heavy atom. The van der Waals surface area contributed by atoms with E-state index >= 15 is 0 Å². The van der Waals surface area contributed by atoms with Crippen molar-refractivity contribution in [3.8, 4) is 0 Å². The van der Waals surface area contributed by atoms with Gasteiger partial charge in [0, 0.05) is 12.3 Å². The summed E-state index contributed by atoms with van der Waals surface area (Å²) in [5.41, 5.74) is 0. The second kappa shape index (κ2) is 7.12. The maximum absolute atomic E-state index is 13.5. The van der Waals surface area contributed by atoms with Gasteiger partial charge >= 0.3 is 35.8 Å². The highest BCUT2D eigenvalue weighted by atomic mass is 19.4. The average molecular weight is 434 g/mol. The van der Waals surface area contributed by atoms with E-state index < -0.39 is 54.5 Å². The Morgan fingerprint density at radius 3 is 1.41 bits per heavy atom. The topological polar surface area (TPSA) is 18.5 Å². The first-order valence-electron chi connectivity index (χ1n) is 6.94. The summed E-state index contributed by atoms with van der Waals surface area (Å²) in [6.07, 6.45) is -10.7. The third kappa shape index (κ3) is 3.93. The number of alkyl halides is 13. The molecule has 0 radical (unpaired) electrons. The van der Waals surface area contributed by atoms with Crippen LogP contribution in [0.3, 0.4) is 0 Å². The first-order chi connectivity index (χ1) is 11.8. The standard InChI is InChI=1S/C12H11F13O2/c13-7(14,2-1-6-3-26-5-27-4-6)8(15,16)9(17,18)10(19,20)11(21,22)12(23,24)25/h6H,1-5H2. The molecule has 1 heterocycles. The van der Waals surface area contributed by atoms with Gasteiger partial charge in [0.15, 0.2) is 0 Å². The molecular formula is C12H11F13O2. The fraction of sp³-hybridized carbons (Fsp3) is 1.00. The van der Waals surface area contributed by atoms with Gasteiger partial charge in [0.05, 0.1) is 13.2 Å². The summed E-state index contributed by atoms with van der Waals surface area (Å²) >= 11 is 0. The Bertz CT molecular complexity index is 508. The lowest BCUT2D eigenvalue weighted by Gasteiger charge is -2.40. The van der Waals surface area contributed by atoms with Gasteiger partial charge in [-0.15, -0.1) is 0 Å². The Labute approximate surface area is 142 Å². The fourth-order valence-corrected chi connectivity index (χ4v) is 2.05. The first-order valence-corrected chi connectivity index (χ1v) is 6.94. The second-order valence-electron chi connectivity index (χ2n) is 5.76. The van der Waals surface area contributed by atoms with Crippen molar-refractivity contribution in [1.82, 2.24) is 0 Å². The van der Waals surface area contributed by atoms with Crippen molar-refractivity contribution in [3.05, 3.63) is 0 Å². The molecule has 0 spiro atoms. The molecule has 1 saturated heterocycles. The van der Waals surface area contributed by atoms with Crippen LogP contribution in [-0.2, 0) is 9.47 Å².